The first-order valence-electron chi connectivity index (χ1n) is 10.7. The number of benzene rings is 1. The fraction of sp³-hybridized carbons (Fsp3) is 0.409. The van der Waals surface area contributed by atoms with E-state index in [0.29, 0.717) is 17.0 Å². The number of aromatic amines is 1. The molecule has 33 heavy (non-hydrogen) atoms. The number of fused-ring (bicyclic) bond motifs is 1. The summed E-state index contributed by atoms with van der Waals surface area (Å²) in [7, 11) is 0. The van der Waals surface area contributed by atoms with Crippen LogP contribution in [-0.2, 0) is 5.41 Å². The summed E-state index contributed by atoms with van der Waals surface area (Å²) in [6.07, 6.45) is 0.944. The van der Waals surface area contributed by atoms with Gasteiger partial charge in [0.1, 0.15) is 12.1 Å². The van der Waals surface area contributed by atoms with E-state index in [1.54, 1.807) is 31.2 Å². The van der Waals surface area contributed by atoms with Gasteiger partial charge < -0.3 is 4.74 Å². The van der Waals surface area contributed by atoms with E-state index in [1.165, 1.54) is 16.9 Å². The minimum Gasteiger partial charge on any atom is -0.465 e. The molecule has 5 rings (SSSR count). The molecule has 1 aromatic carbocycles. The topological polar surface area (TPSA) is 93.9 Å². The Labute approximate surface area is 187 Å². The van der Waals surface area contributed by atoms with Gasteiger partial charge in [-0.25, -0.2) is 18.2 Å². The summed E-state index contributed by atoms with van der Waals surface area (Å²) in [5, 5.41) is 19.6. The third-order valence-corrected chi connectivity index (χ3v) is 6.30. The lowest BCUT2D eigenvalue weighted by atomic mass is 9.70. The van der Waals surface area contributed by atoms with Gasteiger partial charge in [-0.15, -0.1) is 15.3 Å². The van der Waals surface area contributed by atoms with Crippen LogP contribution in [0.2, 0.25) is 0 Å². The smallest absolute Gasteiger partial charge is 0.248 e. The number of hydrogen-bond donors (Lipinski definition) is 1. The molecule has 4 aromatic rings. The Morgan fingerprint density at radius 3 is 2.58 bits per heavy atom. The summed E-state index contributed by atoms with van der Waals surface area (Å²) < 4.78 is 49.8. The quantitative estimate of drug-likeness (QED) is 0.469. The molecule has 11 heteroatoms. The minimum absolute atomic E-state index is 0.213. The van der Waals surface area contributed by atoms with Crippen LogP contribution in [0.15, 0.2) is 36.7 Å². The molecule has 1 aliphatic carbocycles. The second-order valence-corrected chi connectivity index (χ2v) is 8.67. The Bertz CT molecular complexity index is 1280. The molecule has 0 spiro atoms. The lowest BCUT2D eigenvalue weighted by Crippen LogP contribution is -2.35. The van der Waals surface area contributed by atoms with Gasteiger partial charge in [-0.1, -0.05) is 19.1 Å². The number of rotatable bonds is 5. The molecule has 1 unspecified atom stereocenters. The van der Waals surface area contributed by atoms with Crippen LogP contribution in [-0.4, -0.2) is 40.9 Å². The third-order valence-electron chi connectivity index (χ3n) is 6.30. The highest BCUT2D eigenvalue weighted by molar-refractivity contribution is 5.60. The van der Waals surface area contributed by atoms with Crippen molar-refractivity contribution in [3.8, 4) is 17.3 Å². The molecule has 0 aliphatic heterocycles. The average Bonchev–Trinajstić information content (AvgIpc) is 3.46. The van der Waals surface area contributed by atoms with E-state index >= 15 is 0 Å². The highest BCUT2D eigenvalue weighted by atomic mass is 19.3. The van der Waals surface area contributed by atoms with Crippen molar-refractivity contribution in [1.29, 1.82) is 0 Å². The predicted molar refractivity (Wildman–Crippen MR) is 112 cm³/mol. The summed E-state index contributed by atoms with van der Waals surface area (Å²) in [6.45, 7) is 3.69. The van der Waals surface area contributed by atoms with Crippen molar-refractivity contribution < 1.29 is 17.9 Å². The van der Waals surface area contributed by atoms with Crippen LogP contribution in [0.25, 0.3) is 17.0 Å². The molecular weight excluding hydrogens is 435 g/mol. The van der Waals surface area contributed by atoms with E-state index in [0.717, 1.165) is 0 Å². The second-order valence-electron chi connectivity index (χ2n) is 8.67. The van der Waals surface area contributed by atoms with E-state index in [1.807, 2.05) is 6.92 Å². The van der Waals surface area contributed by atoms with Crippen molar-refractivity contribution in [3.63, 3.8) is 0 Å². The monoisotopic (exact) mass is 457 g/mol. The third kappa shape index (κ3) is 3.91. The maximum Gasteiger partial charge on any atom is 0.248 e. The van der Waals surface area contributed by atoms with Gasteiger partial charge in [-0.2, -0.15) is 9.61 Å². The summed E-state index contributed by atoms with van der Waals surface area (Å²) in [5.41, 5.74) is 0.663. The van der Waals surface area contributed by atoms with Crippen LogP contribution in [0.1, 0.15) is 57.0 Å². The minimum atomic E-state index is -2.68. The number of nitrogens with zero attached hydrogens (tertiary/aromatic N) is 6. The van der Waals surface area contributed by atoms with E-state index in [2.05, 4.69) is 30.5 Å². The van der Waals surface area contributed by atoms with Crippen LogP contribution in [0, 0.1) is 5.82 Å². The fourth-order valence-corrected chi connectivity index (χ4v) is 4.22. The summed E-state index contributed by atoms with van der Waals surface area (Å²) >= 11 is 0. The van der Waals surface area contributed by atoms with Gasteiger partial charge in [0.2, 0.25) is 11.8 Å². The number of alkyl halides is 2. The molecule has 172 valence electrons. The van der Waals surface area contributed by atoms with E-state index in [4.69, 9.17) is 4.74 Å². The average molecular weight is 457 g/mol. The van der Waals surface area contributed by atoms with Gasteiger partial charge in [0.05, 0.1) is 5.56 Å². The van der Waals surface area contributed by atoms with Crippen molar-refractivity contribution in [1.82, 2.24) is 35.0 Å². The summed E-state index contributed by atoms with van der Waals surface area (Å²) in [5.74, 6) is -2.29. The number of aromatic nitrogens is 7. The highest BCUT2D eigenvalue weighted by Gasteiger charge is 2.43. The number of nitrogens with one attached hydrogen (secondary N) is 1. The molecular formula is C22H22F3N7O. The maximum atomic E-state index is 14.5. The first kappa shape index (κ1) is 21.4. The lowest BCUT2D eigenvalue weighted by molar-refractivity contribution is -0.0502. The summed E-state index contributed by atoms with van der Waals surface area (Å²) in [4.78, 5) is 4.12. The van der Waals surface area contributed by atoms with Crippen molar-refractivity contribution >= 4 is 5.65 Å². The maximum absolute atomic E-state index is 14.5. The van der Waals surface area contributed by atoms with Crippen LogP contribution in [0.5, 0.6) is 5.88 Å². The zero-order chi connectivity index (χ0) is 23.2. The van der Waals surface area contributed by atoms with Gasteiger partial charge in [0, 0.05) is 18.4 Å². The molecule has 0 bridgehead atoms. The molecule has 1 saturated carbocycles. The zero-order valence-corrected chi connectivity index (χ0v) is 18.1. The number of H-pyrrole nitrogens is 1. The largest absolute Gasteiger partial charge is 0.465 e. The van der Waals surface area contributed by atoms with Crippen LogP contribution in [0.3, 0.4) is 0 Å². The van der Waals surface area contributed by atoms with Gasteiger partial charge >= 0.3 is 0 Å². The Morgan fingerprint density at radius 1 is 1.12 bits per heavy atom. The normalized spacial score (nSPS) is 18.3. The van der Waals surface area contributed by atoms with Crippen molar-refractivity contribution in [2.24, 2.45) is 0 Å². The van der Waals surface area contributed by atoms with Crippen molar-refractivity contribution in [2.45, 2.75) is 57.0 Å². The van der Waals surface area contributed by atoms with E-state index in [-0.39, 0.29) is 43.0 Å². The number of hydrogen-bond acceptors (Lipinski definition) is 6. The van der Waals surface area contributed by atoms with Gasteiger partial charge in [-0.3, -0.25) is 5.10 Å². The van der Waals surface area contributed by atoms with Gasteiger partial charge in [0.15, 0.2) is 23.4 Å². The number of halogens is 3. The molecule has 0 amide bonds. The fourth-order valence-electron chi connectivity index (χ4n) is 4.22. The summed E-state index contributed by atoms with van der Waals surface area (Å²) in [6, 6.07) is 7.94. The highest BCUT2D eigenvalue weighted by Crippen LogP contribution is 2.47. The molecule has 1 fully saturated rings. The molecule has 1 N–H and O–H groups in total. The molecule has 0 saturated heterocycles. The molecule has 3 heterocycles. The van der Waals surface area contributed by atoms with Crippen molar-refractivity contribution in [2.75, 3.05) is 0 Å². The standard InChI is InChI=1S/C22H22F3N7O/c1-13(18-26-12-27-29-18)33-20-15(21(2)7-9-22(24,25)10-8-21)11-17-28-30-19(32(17)31-20)14-5-3-4-6-16(14)23/h3-6,11-13H,7-10H2,1-2H3,(H,26,27,29). The van der Waals surface area contributed by atoms with Gasteiger partial charge in [0.25, 0.3) is 0 Å². The predicted octanol–water partition coefficient (Wildman–Crippen LogP) is 4.66. The Morgan fingerprint density at radius 2 is 1.88 bits per heavy atom. The van der Waals surface area contributed by atoms with Crippen LogP contribution < -0.4 is 4.74 Å². The Balaban J connectivity index is 1.63. The zero-order valence-electron chi connectivity index (χ0n) is 18.1. The molecule has 1 atom stereocenters. The number of ether oxygens (including phenoxy) is 1. The SMILES string of the molecule is CC(Oc1nn2c(-c3ccccc3F)nnc2cc1C1(C)CCC(F)(F)CC1)c1nc[nH]n1. The molecule has 0 radical (unpaired) electrons. The van der Waals surface area contributed by atoms with E-state index < -0.39 is 23.3 Å². The first-order chi connectivity index (χ1) is 15.8. The second kappa shape index (κ2) is 7.82. The Kier molecular flexibility index (Phi) is 5.06. The van der Waals surface area contributed by atoms with Gasteiger partial charge in [-0.05, 0) is 43.4 Å². The Hall–Kier alpha value is -3.50. The van der Waals surface area contributed by atoms with E-state index in [9.17, 15) is 13.2 Å². The van der Waals surface area contributed by atoms with Crippen LogP contribution in [0.4, 0.5) is 13.2 Å². The molecule has 3 aromatic heterocycles. The molecule has 1 aliphatic rings. The molecule has 8 nitrogen and oxygen atoms in total. The first-order valence-corrected chi connectivity index (χ1v) is 10.7. The van der Waals surface area contributed by atoms with Crippen LogP contribution >= 0.6 is 0 Å². The van der Waals surface area contributed by atoms with Crippen molar-refractivity contribution in [3.05, 3.63) is 53.9 Å². The lowest BCUT2D eigenvalue weighted by Gasteiger charge is -2.38.